The van der Waals surface area contributed by atoms with Crippen LogP contribution >= 0.6 is 12.2 Å². The van der Waals surface area contributed by atoms with Gasteiger partial charge in [0, 0.05) is 19.8 Å². The standard InChI is InChI=1S/C13H19N3O3S/c1-2-19-9-3-8-14-13(20)16-15-11-6-4-10(5-7-11)12(17)18/h4-7,15H,2-3,8-9H2,1H3,(H,17,18)(H2,14,16,20). The highest BCUT2D eigenvalue weighted by atomic mass is 32.1. The zero-order valence-electron chi connectivity index (χ0n) is 11.3. The first-order chi connectivity index (χ1) is 9.63. The predicted molar refractivity (Wildman–Crippen MR) is 81.9 cm³/mol. The van der Waals surface area contributed by atoms with Crippen LogP contribution in [0.15, 0.2) is 24.3 Å². The number of aromatic carboxylic acids is 1. The molecule has 0 saturated carbocycles. The van der Waals surface area contributed by atoms with E-state index in [4.69, 9.17) is 22.1 Å². The van der Waals surface area contributed by atoms with Gasteiger partial charge in [-0.1, -0.05) is 0 Å². The van der Waals surface area contributed by atoms with Crippen LogP contribution in [0.3, 0.4) is 0 Å². The summed E-state index contributed by atoms with van der Waals surface area (Å²) in [4.78, 5) is 10.7. The van der Waals surface area contributed by atoms with Crippen molar-refractivity contribution < 1.29 is 14.6 Å². The number of nitrogens with one attached hydrogen (secondary N) is 3. The molecule has 0 radical (unpaired) electrons. The van der Waals surface area contributed by atoms with Crippen molar-refractivity contribution in [2.24, 2.45) is 0 Å². The van der Waals surface area contributed by atoms with Gasteiger partial charge in [-0.3, -0.25) is 10.9 Å². The van der Waals surface area contributed by atoms with Gasteiger partial charge < -0.3 is 15.2 Å². The van der Waals surface area contributed by atoms with Crippen LogP contribution in [0, 0.1) is 0 Å². The lowest BCUT2D eigenvalue weighted by Crippen LogP contribution is -2.39. The van der Waals surface area contributed by atoms with E-state index in [2.05, 4.69) is 16.2 Å². The highest BCUT2D eigenvalue weighted by Crippen LogP contribution is 2.08. The summed E-state index contributed by atoms with van der Waals surface area (Å²) < 4.78 is 5.21. The van der Waals surface area contributed by atoms with Crippen molar-refractivity contribution in [1.29, 1.82) is 0 Å². The van der Waals surface area contributed by atoms with Gasteiger partial charge in [-0.2, -0.15) is 0 Å². The highest BCUT2D eigenvalue weighted by molar-refractivity contribution is 7.80. The average molecular weight is 297 g/mol. The number of carboxylic acids is 1. The monoisotopic (exact) mass is 297 g/mol. The van der Waals surface area contributed by atoms with E-state index in [1.165, 1.54) is 12.1 Å². The van der Waals surface area contributed by atoms with E-state index in [0.717, 1.165) is 25.3 Å². The van der Waals surface area contributed by atoms with Gasteiger partial charge in [-0.15, -0.1) is 0 Å². The van der Waals surface area contributed by atoms with Gasteiger partial charge in [0.15, 0.2) is 5.11 Å². The number of carbonyl (C=O) groups is 1. The molecule has 0 amide bonds. The molecule has 0 aromatic heterocycles. The molecule has 0 aliphatic carbocycles. The minimum absolute atomic E-state index is 0.243. The third-order valence-electron chi connectivity index (χ3n) is 2.41. The molecule has 4 N–H and O–H groups in total. The molecule has 0 spiro atoms. The molecule has 1 rings (SSSR count). The predicted octanol–water partition coefficient (Wildman–Crippen LogP) is 1.60. The SMILES string of the molecule is CCOCCCNC(=S)NNc1ccc(C(=O)O)cc1. The average Bonchev–Trinajstić information content (AvgIpc) is 2.45. The van der Waals surface area contributed by atoms with Crippen LogP contribution in [0.2, 0.25) is 0 Å². The summed E-state index contributed by atoms with van der Waals surface area (Å²) in [5, 5.41) is 12.3. The number of hydrazine groups is 1. The van der Waals surface area contributed by atoms with Crippen molar-refractivity contribution >= 4 is 29.0 Å². The molecule has 0 saturated heterocycles. The molecule has 0 heterocycles. The van der Waals surface area contributed by atoms with E-state index in [0.29, 0.717) is 11.7 Å². The maximum Gasteiger partial charge on any atom is 0.335 e. The summed E-state index contributed by atoms with van der Waals surface area (Å²) in [6, 6.07) is 6.36. The molecule has 0 aliphatic rings. The van der Waals surface area contributed by atoms with Crippen LogP contribution in [-0.4, -0.2) is 35.9 Å². The van der Waals surface area contributed by atoms with Gasteiger partial charge in [-0.25, -0.2) is 4.79 Å². The van der Waals surface area contributed by atoms with E-state index in [1.807, 2.05) is 6.92 Å². The second kappa shape index (κ2) is 9.11. The first-order valence-electron chi connectivity index (χ1n) is 6.34. The van der Waals surface area contributed by atoms with Crippen molar-refractivity contribution in [3.63, 3.8) is 0 Å². The van der Waals surface area contributed by atoms with Crippen LogP contribution in [0.5, 0.6) is 0 Å². The van der Waals surface area contributed by atoms with Gasteiger partial charge in [0.1, 0.15) is 0 Å². The molecule has 0 fully saturated rings. The number of anilines is 1. The van der Waals surface area contributed by atoms with Gasteiger partial charge in [0.2, 0.25) is 0 Å². The van der Waals surface area contributed by atoms with Gasteiger partial charge in [0.05, 0.1) is 11.3 Å². The Morgan fingerprint density at radius 1 is 1.35 bits per heavy atom. The van der Waals surface area contributed by atoms with Gasteiger partial charge in [0.25, 0.3) is 0 Å². The fourth-order valence-corrected chi connectivity index (χ4v) is 1.54. The van der Waals surface area contributed by atoms with Crippen LogP contribution in [-0.2, 0) is 4.74 Å². The van der Waals surface area contributed by atoms with Gasteiger partial charge >= 0.3 is 5.97 Å². The first kappa shape index (κ1) is 16.2. The van der Waals surface area contributed by atoms with Crippen LogP contribution in [0.4, 0.5) is 5.69 Å². The molecule has 110 valence electrons. The maximum atomic E-state index is 10.7. The number of hydrogen-bond acceptors (Lipinski definition) is 4. The maximum absolute atomic E-state index is 10.7. The number of carboxylic acid groups (broad SMARTS) is 1. The Bertz CT molecular complexity index is 437. The van der Waals surface area contributed by atoms with Crippen LogP contribution in [0.1, 0.15) is 23.7 Å². The molecule has 20 heavy (non-hydrogen) atoms. The summed E-state index contributed by atoms with van der Waals surface area (Å²) in [6.07, 6.45) is 0.878. The van der Waals surface area contributed by atoms with E-state index in [1.54, 1.807) is 12.1 Å². The first-order valence-corrected chi connectivity index (χ1v) is 6.75. The Balaban J connectivity index is 2.22. The van der Waals surface area contributed by atoms with E-state index >= 15 is 0 Å². The van der Waals surface area contributed by atoms with E-state index in [-0.39, 0.29) is 5.56 Å². The lowest BCUT2D eigenvalue weighted by molar-refractivity contribution is 0.0697. The molecule has 0 bridgehead atoms. The second-order valence-corrected chi connectivity index (χ2v) is 4.35. The lowest BCUT2D eigenvalue weighted by Gasteiger charge is -2.12. The third-order valence-corrected chi connectivity index (χ3v) is 2.65. The summed E-state index contributed by atoms with van der Waals surface area (Å²) in [6.45, 7) is 4.11. The van der Waals surface area contributed by atoms with Crippen LogP contribution in [0.25, 0.3) is 0 Å². The summed E-state index contributed by atoms with van der Waals surface area (Å²) in [5.74, 6) is -0.948. The Morgan fingerprint density at radius 2 is 2.05 bits per heavy atom. The fraction of sp³-hybridized carbons (Fsp3) is 0.385. The number of rotatable bonds is 8. The number of thiocarbonyl (C=S) groups is 1. The van der Waals surface area contributed by atoms with E-state index < -0.39 is 5.97 Å². The lowest BCUT2D eigenvalue weighted by atomic mass is 10.2. The normalized spacial score (nSPS) is 9.85. The van der Waals surface area contributed by atoms with E-state index in [9.17, 15) is 4.79 Å². The Morgan fingerprint density at radius 3 is 2.65 bits per heavy atom. The van der Waals surface area contributed by atoms with Crippen molar-refractivity contribution in [2.45, 2.75) is 13.3 Å². The van der Waals surface area contributed by atoms with Crippen molar-refractivity contribution in [2.75, 3.05) is 25.2 Å². The molecule has 6 nitrogen and oxygen atoms in total. The Hall–Kier alpha value is -1.86. The molecule has 0 unspecified atom stereocenters. The number of hydrogen-bond donors (Lipinski definition) is 4. The summed E-state index contributed by atoms with van der Waals surface area (Å²) >= 11 is 5.08. The van der Waals surface area contributed by atoms with Crippen molar-refractivity contribution in [3.05, 3.63) is 29.8 Å². The summed E-state index contributed by atoms with van der Waals surface area (Å²) in [7, 11) is 0. The van der Waals surface area contributed by atoms with Crippen LogP contribution < -0.4 is 16.2 Å². The zero-order chi connectivity index (χ0) is 14.8. The molecular formula is C13H19N3O3S. The minimum atomic E-state index is -0.948. The summed E-state index contributed by atoms with van der Waals surface area (Å²) in [5.41, 5.74) is 6.68. The quantitative estimate of drug-likeness (QED) is 0.329. The Labute approximate surface area is 123 Å². The minimum Gasteiger partial charge on any atom is -0.478 e. The molecular weight excluding hydrogens is 278 g/mol. The molecule has 1 aromatic carbocycles. The smallest absolute Gasteiger partial charge is 0.335 e. The second-order valence-electron chi connectivity index (χ2n) is 3.94. The largest absolute Gasteiger partial charge is 0.478 e. The zero-order valence-corrected chi connectivity index (χ0v) is 12.1. The number of ether oxygens (including phenoxy) is 1. The van der Waals surface area contributed by atoms with Crippen molar-refractivity contribution in [3.8, 4) is 0 Å². The fourth-order valence-electron chi connectivity index (χ4n) is 1.39. The third kappa shape index (κ3) is 6.35. The van der Waals surface area contributed by atoms with Gasteiger partial charge in [-0.05, 0) is 49.8 Å². The molecule has 0 aliphatic heterocycles. The molecule has 7 heteroatoms. The Kier molecular flexibility index (Phi) is 7.38. The molecule has 0 atom stereocenters. The topological polar surface area (TPSA) is 82.6 Å². The number of benzene rings is 1. The molecule has 1 aromatic rings. The highest BCUT2D eigenvalue weighted by Gasteiger charge is 2.01. The van der Waals surface area contributed by atoms with Crippen molar-refractivity contribution in [1.82, 2.24) is 10.7 Å².